The first-order valence-corrected chi connectivity index (χ1v) is 7.69. The highest BCUT2D eigenvalue weighted by Crippen LogP contribution is 2.23. The third-order valence-electron chi connectivity index (χ3n) is 2.81. The molecule has 0 N–H and O–H groups in total. The van der Waals surface area contributed by atoms with Crippen LogP contribution in [0, 0.1) is 9.39 Å². The quantitative estimate of drug-likeness (QED) is 0.503. The predicted octanol–water partition coefficient (Wildman–Crippen LogP) is 4.63. The van der Waals surface area contributed by atoms with Crippen molar-refractivity contribution in [1.29, 1.82) is 0 Å². The Bertz CT molecular complexity index is 658. The third kappa shape index (κ3) is 3.58. The van der Waals surface area contributed by atoms with Gasteiger partial charge in [0.05, 0.1) is 7.11 Å². The van der Waals surface area contributed by atoms with Crippen LogP contribution in [0.5, 0.6) is 5.75 Å². The molecule has 0 aromatic heterocycles. The summed E-state index contributed by atoms with van der Waals surface area (Å²) < 4.78 is 20.2. The molecule has 20 heavy (non-hydrogen) atoms. The molecule has 0 amide bonds. The molecule has 0 aliphatic carbocycles. The van der Waals surface area contributed by atoms with E-state index < -0.39 is 5.82 Å². The van der Waals surface area contributed by atoms with Crippen LogP contribution in [0.25, 0.3) is 0 Å². The van der Waals surface area contributed by atoms with Gasteiger partial charge in [-0.2, -0.15) is 0 Å². The van der Waals surface area contributed by atoms with E-state index in [9.17, 15) is 9.18 Å². The molecule has 0 atom stereocenters. The van der Waals surface area contributed by atoms with Gasteiger partial charge in [-0.3, -0.25) is 4.79 Å². The second kappa shape index (κ2) is 6.67. The number of ketones is 1. The summed E-state index contributed by atoms with van der Waals surface area (Å²) in [7, 11) is 1.41. The molecule has 0 bridgehead atoms. The Morgan fingerprint density at radius 1 is 1.30 bits per heavy atom. The lowest BCUT2D eigenvalue weighted by molar-refractivity contribution is 0.0992. The number of hydrogen-bond acceptors (Lipinski definition) is 2. The number of rotatable bonds is 4. The van der Waals surface area contributed by atoms with Gasteiger partial charge in [-0.1, -0.05) is 22.0 Å². The molecule has 2 aromatic carbocycles. The lowest BCUT2D eigenvalue weighted by atomic mass is 10.0. The number of ether oxygens (including phenoxy) is 1. The number of hydrogen-bond donors (Lipinski definition) is 0. The number of Topliss-reactive ketones (excluding diaryl/α,β-unsaturated/α-hetero) is 1. The zero-order chi connectivity index (χ0) is 14.7. The van der Waals surface area contributed by atoms with Gasteiger partial charge in [0.15, 0.2) is 17.3 Å². The fraction of sp³-hybridized carbons (Fsp3) is 0.133. The van der Waals surface area contributed by atoms with Gasteiger partial charge in [0, 0.05) is 20.0 Å². The van der Waals surface area contributed by atoms with E-state index in [-0.39, 0.29) is 18.0 Å². The summed E-state index contributed by atoms with van der Waals surface area (Å²) in [5.74, 6) is -0.337. The second-order valence-electron chi connectivity index (χ2n) is 4.19. The van der Waals surface area contributed by atoms with E-state index in [1.807, 2.05) is 18.2 Å². The van der Waals surface area contributed by atoms with Crippen molar-refractivity contribution < 1.29 is 13.9 Å². The van der Waals surface area contributed by atoms with Gasteiger partial charge in [0.25, 0.3) is 0 Å². The standard InChI is InChI=1S/C15H11BrFIO2/c1-20-15-5-2-9(6-13(15)17)7-14(19)11-8-10(18)3-4-12(11)16/h2-6,8H,7H2,1H3. The molecule has 0 saturated carbocycles. The maximum absolute atomic E-state index is 13.6. The van der Waals surface area contributed by atoms with Crippen LogP contribution in [0.2, 0.25) is 0 Å². The Morgan fingerprint density at radius 2 is 2.05 bits per heavy atom. The van der Waals surface area contributed by atoms with Crippen molar-refractivity contribution >= 4 is 44.3 Å². The van der Waals surface area contributed by atoms with E-state index in [4.69, 9.17) is 4.74 Å². The van der Waals surface area contributed by atoms with Gasteiger partial charge < -0.3 is 4.74 Å². The highest BCUT2D eigenvalue weighted by atomic mass is 127. The number of halogens is 3. The predicted molar refractivity (Wildman–Crippen MR) is 87.8 cm³/mol. The SMILES string of the molecule is COc1ccc(CC(=O)c2cc(I)ccc2Br)cc1F. The first-order valence-electron chi connectivity index (χ1n) is 5.82. The molecule has 0 aliphatic heterocycles. The largest absolute Gasteiger partial charge is 0.494 e. The van der Waals surface area contributed by atoms with Gasteiger partial charge >= 0.3 is 0 Å². The Kier molecular flexibility index (Phi) is 5.15. The first kappa shape index (κ1) is 15.4. The Labute approximate surface area is 138 Å². The fourth-order valence-electron chi connectivity index (χ4n) is 1.81. The minimum Gasteiger partial charge on any atom is -0.494 e. The molecular formula is C15H11BrFIO2. The van der Waals surface area contributed by atoms with Crippen LogP contribution in [-0.4, -0.2) is 12.9 Å². The van der Waals surface area contributed by atoms with E-state index in [2.05, 4.69) is 38.5 Å². The van der Waals surface area contributed by atoms with Crippen molar-refractivity contribution in [3.63, 3.8) is 0 Å². The maximum Gasteiger partial charge on any atom is 0.168 e. The van der Waals surface area contributed by atoms with Gasteiger partial charge in [0.2, 0.25) is 0 Å². The zero-order valence-electron chi connectivity index (χ0n) is 10.6. The Hall–Kier alpha value is -0.950. The van der Waals surface area contributed by atoms with Gasteiger partial charge in [-0.25, -0.2) is 4.39 Å². The minimum absolute atomic E-state index is 0.0556. The normalized spacial score (nSPS) is 10.4. The summed E-state index contributed by atoms with van der Waals surface area (Å²) in [4.78, 5) is 12.3. The zero-order valence-corrected chi connectivity index (χ0v) is 14.4. The van der Waals surface area contributed by atoms with E-state index in [1.165, 1.54) is 19.2 Å². The first-order chi connectivity index (χ1) is 9.51. The second-order valence-corrected chi connectivity index (χ2v) is 6.29. The summed E-state index contributed by atoms with van der Waals surface area (Å²) in [5, 5.41) is 0. The Morgan fingerprint density at radius 3 is 2.70 bits per heavy atom. The van der Waals surface area contributed by atoms with Crippen molar-refractivity contribution in [2.45, 2.75) is 6.42 Å². The minimum atomic E-state index is -0.459. The van der Waals surface area contributed by atoms with Crippen molar-refractivity contribution in [1.82, 2.24) is 0 Å². The van der Waals surface area contributed by atoms with Crippen LogP contribution >= 0.6 is 38.5 Å². The lowest BCUT2D eigenvalue weighted by Crippen LogP contribution is -2.05. The molecule has 2 aromatic rings. The molecule has 0 fully saturated rings. The summed E-state index contributed by atoms with van der Waals surface area (Å²) in [6.45, 7) is 0. The van der Waals surface area contributed by atoms with Crippen LogP contribution in [0.3, 0.4) is 0 Å². The highest BCUT2D eigenvalue weighted by molar-refractivity contribution is 14.1. The van der Waals surface area contributed by atoms with Crippen molar-refractivity contribution in [2.75, 3.05) is 7.11 Å². The summed E-state index contributed by atoms with van der Waals surface area (Å²) in [6.07, 6.45) is 0.152. The van der Waals surface area contributed by atoms with E-state index in [1.54, 1.807) is 6.07 Å². The Balaban J connectivity index is 2.23. The van der Waals surface area contributed by atoms with Gasteiger partial charge in [0.1, 0.15) is 0 Å². The molecular weight excluding hydrogens is 438 g/mol. The molecule has 5 heteroatoms. The molecule has 0 spiro atoms. The molecule has 104 valence electrons. The lowest BCUT2D eigenvalue weighted by Gasteiger charge is -2.07. The number of methoxy groups -OCH3 is 1. The van der Waals surface area contributed by atoms with Crippen LogP contribution in [0.1, 0.15) is 15.9 Å². The van der Waals surface area contributed by atoms with Crippen LogP contribution in [-0.2, 0) is 6.42 Å². The van der Waals surface area contributed by atoms with Crippen LogP contribution in [0.15, 0.2) is 40.9 Å². The third-order valence-corrected chi connectivity index (χ3v) is 4.17. The molecule has 2 rings (SSSR count). The van der Waals surface area contributed by atoms with Crippen LogP contribution in [0.4, 0.5) is 4.39 Å². The number of carbonyl (C=O) groups excluding carboxylic acids is 1. The smallest absolute Gasteiger partial charge is 0.168 e. The fourth-order valence-corrected chi connectivity index (χ4v) is 2.77. The van der Waals surface area contributed by atoms with Crippen molar-refractivity contribution in [3.8, 4) is 5.75 Å². The molecule has 0 heterocycles. The monoisotopic (exact) mass is 448 g/mol. The topological polar surface area (TPSA) is 26.3 Å². The van der Waals surface area contributed by atoms with Crippen molar-refractivity contribution in [3.05, 3.63) is 61.4 Å². The molecule has 0 radical (unpaired) electrons. The molecule has 2 nitrogen and oxygen atoms in total. The summed E-state index contributed by atoms with van der Waals surface area (Å²) in [5.41, 5.74) is 1.23. The van der Waals surface area contributed by atoms with E-state index >= 15 is 0 Å². The van der Waals surface area contributed by atoms with E-state index in [0.29, 0.717) is 11.1 Å². The number of carbonyl (C=O) groups is 1. The van der Waals surface area contributed by atoms with Gasteiger partial charge in [-0.15, -0.1) is 0 Å². The summed E-state index contributed by atoms with van der Waals surface area (Å²) >= 11 is 5.51. The average molecular weight is 449 g/mol. The average Bonchev–Trinajstić information content (AvgIpc) is 2.41. The molecule has 0 aliphatic rings. The number of benzene rings is 2. The van der Waals surface area contributed by atoms with Gasteiger partial charge in [-0.05, 0) is 58.5 Å². The molecule has 0 saturated heterocycles. The van der Waals surface area contributed by atoms with E-state index in [0.717, 1.165) is 8.04 Å². The highest BCUT2D eigenvalue weighted by Gasteiger charge is 2.13. The van der Waals surface area contributed by atoms with Crippen molar-refractivity contribution in [2.24, 2.45) is 0 Å². The van der Waals surface area contributed by atoms with Crippen LogP contribution < -0.4 is 4.74 Å². The summed E-state index contributed by atoms with van der Waals surface area (Å²) in [6, 6.07) is 10.1. The maximum atomic E-state index is 13.6. The molecule has 0 unspecified atom stereocenters.